The molecule has 0 aliphatic carbocycles. The van der Waals surface area contributed by atoms with Gasteiger partial charge in [0.2, 0.25) is 0 Å². The maximum atomic E-state index is 13.3. The van der Waals surface area contributed by atoms with Gasteiger partial charge in [-0.15, -0.1) is 0 Å². The molecule has 0 N–H and O–H groups in total. The predicted molar refractivity (Wildman–Crippen MR) is 94.6 cm³/mol. The van der Waals surface area contributed by atoms with Crippen LogP contribution in [0.1, 0.15) is 34.7 Å². The lowest BCUT2D eigenvalue weighted by molar-refractivity contribution is 0.590. The molecule has 1 aromatic carbocycles. The summed E-state index contributed by atoms with van der Waals surface area (Å²) in [6.07, 6.45) is 3.22. The molecule has 23 heavy (non-hydrogen) atoms. The standard InChI is InChI=1S/C18H24N2O2S/c1-7-20(17-9-8-10-19-11-17)23(21,22)18-15(5)13(3)12(2)14(4)16(18)6/h8-11H,7H2,1-6H3. The van der Waals surface area contributed by atoms with Gasteiger partial charge in [0.05, 0.1) is 16.8 Å². The molecular formula is C18H24N2O2S. The highest BCUT2D eigenvalue weighted by Gasteiger charge is 2.29. The van der Waals surface area contributed by atoms with E-state index in [0.717, 1.165) is 27.8 Å². The van der Waals surface area contributed by atoms with Crippen molar-refractivity contribution in [2.45, 2.75) is 46.4 Å². The maximum Gasteiger partial charge on any atom is 0.264 e. The van der Waals surface area contributed by atoms with Gasteiger partial charge in [0, 0.05) is 12.7 Å². The summed E-state index contributed by atoms with van der Waals surface area (Å²) in [5.74, 6) is 0. The van der Waals surface area contributed by atoms with E-state index in [-0.39, 0.29) is 0 Å². The van der Waals surface area contributed by atoms with Gasteiger partial charge >= 0.3 is 0 Å². The molecule has 5 heteroatoms. The summed E-state index contributed by atoms with van der Waals surface area (Å²) in [5, 5.41) is 0. The second-order valence-corrected chi connectivity index (χ2v) is 7.63. The topological polar surface area (TPSA) is 50.3 Å². The Morgan fingerprint density at radius 3 is 1.91 bits per heavy atom. The fraction of sp³-hybridized carbons (Fsp3) is 0.389. The fourth-order valence-electron chi connectivity index (χ4n) is 2.96. The van der Waals surface area contributed by atoms with Gasteiger partial charge in [0.25, 0.3) is 10.0 Å². The van der Waals surface area contributed by atoms with Crippen molar-refractivity contribution < 1.29 is 8.42 Å². The summed E-state index contributed by atoms with van der Waals surface area (Å²) in [4.78, 5) is 4.47. The predicted octanol–water partition coefficient (Wildman–Crippen LogP) is 3.84. The maximum absolute atomic E-state index is 13.3. The summed E-state index contributed by atoms with van der Waals surface area (Å²) in [6, 6.07) is 3.52. The Bertz CT molecular complexity index is 799. The number of nitrogens with zero attached hydrogens (tertiary/aromatic N) is 2. The first-order chi connectivity index (χ1) is 10.7. The van der Waals surface area contributed by atoms with Gasteiger partial charge in [-0.1, -0.05) is 0 Å². The van der Waals surface area contributed by atoms with Crippen molar-refractivity contribution in [3.05, 3.63) is 52.3 Å². The average Bonchev–Trinajstić information content (AvgIpc) is 2.52. The molecule has 0 aliphatic rings. The van der Waals surface area contributed by atoms with Gasteiger partial charge in [0.15, 0.2) is 0 Å². The van der Waals surface area contributed by atoms with Crippen molar-refractivity contribution in [1.82, 2.24) is 4.98 Å². The van der Waals surface area contributed by atoms with Crippen LogP contribution in [0.5, 0.6) is 0 Å². The van der Waals surface area contributed by atoms with Crippen molar-refractivity contribution in [3.63, 3.8) is 0 Å². The summed E-state index contributed by atoms with van der Waals surface area (Å²) < 4.78 is 28.1. The number of hydrogen-bond acceptors (Lipinski definition) is 3. The van der Waals surface area contributed by atoms with E-state index in [1.807, 2.05) is 41.5 Å². The van der Waals surface area contributed by atoms with Crippen LogP contribution in [-0.4, -0.2) is 19.9 Å². The van der Waals surface area contributed by atoms with E-state index < -0.39 is 10.0 Å². The van der Waals surface area contributed by atoms with Crippen molar-refractivity contribution in [3.8, 4) is 0 Å². The number of pyridine rings is 1. The number of sulfonamides is 1. The van der Waals surface area contributed by atoms with Gasteiger partial charge in [-0.3, -0.25) is 9.29 Å². The lowest BCUT2D eigenvalue weighted by Crippen LogP contribution is -2.32. The Balaban J connectivity index is 2.74. The summed E-state index contributed by atoms with van der Waals surface area (Å²) in [5.41, 5.74) is 5.47. The normalized spacial score (nSPS) is 11.6. The highest BCUT2D eigenvalue weighted by atomic mass is 32.2. The van der Waals surface area contributed by atoms with E-state index >= 15 is 0 Å². The third kappa shape index (κ3) is 2.85. The summed E-state index contributed by atoms with van der Waals surface area (Å²) in [6.45, 7) is 12.0. The second-order valence-electron chi connectivity index (χ2n) is 5.84. The van der Waals surface area contributed by atoms with Gasteiger partial charge in [-0.05, 0) is 81.5 Å². The molecule has 0 amide bonds. The molecule has 0 unspecified atom stereocenters. The van der Waals surface area contributed by atoms with Gasteiger partial charge in [-0.25, -0.2) is 8.42 Å². The highest BCUT2D eigenvalue weighted by molar-refractivity contribution is 7.93. The minimum absolute atomic E-state index is 0.360. The van der Waals surface area contributed by atoms with Crippen molar-refractivity contribution in [1.29, 1.82) is 0 Å². The largest absolute Gasteiger partial charge is 0.265 e. The van der Waals surface area contributed by atoms with E-state index in [9.17, 15) is 8.42 Å². The minimum Gasteiger partial charge on any atom is -0.265 e. The molecule has 0 saturated heterocycles. The Kier molecular flexibility index (Phi) is 4.80. The van der Waals surface area contributed by atoms with Crippen molar-refractivity contribution >= 4 is 15.7 Å². The van der Waals surface area contributed by atoms with Crippen LogP contribution in [0.15, 0.2) is 29.4 Å². The minimum atomic E-state index is -3.63. The molecule has 4 nitrogen and oxygen atoms in total. The van der Waals surface area contributed by atoms with Crippen LogP contribution < -0.4 is 4.31 Å². The molecule has 2 rings (SSSR count). The van der Waals surface area contributed by atoms with E-state index in [4.69, 9.17) is 0 Å². The molecule has 0 atom stereocenters. The SMILES string of the molecule is CCN(c1cccnc1)S(=O)(=O)c1c(C)c(C)c(C)c(C)c1C. The zero-order chi connectivity index (χ0) is 17.4. The summed E-state index contributed by atoms with van der Waals surface area (Å²) >= 11 is 0. The number of hydrogen-bond donors (Lipinski definition) is 0. The van der Waals surface area contributed by atoms with Crippen LogP contribution >= 0.6 is 0 Å². The van der Waals surface area contributed by atoms with E-state index in [0.29, 0.717) is 17.1 Å². The zero-order valence-electron chi connectivity index (χ0n) is 14.6. The van der Waals surface area contributed by atoms with Crippen LogP contribution in [0.3, 0.4) is 0 Å². The number of rotatable bonds is 4. The van der Waals surface area contributed by atoms with Crippen LogP contribution in [0.25, 0.3) is 0 Å². The lowest BCUT2D eigenvalue weighted by Gasteiger charge is -2.26. The third-order valence-corrected chi connectivity index (χ3v) is 6.88. The van der Waals surface area contributed by atoms with E-state index in [1.54, 1.807) is 24.5 Å². The molecule has 0 radical (unpaired) electrons. The van der Waals surface area contributed by atoms with E-state index in [2.05, 4.69) is 4.98 Å². The third-order valence-electron chi connectivity index (χ3n) is 4.70. The Hall–Kier alpha value is -1.88. The van der Waals surface area contributed by atoms with Gasteiger partial charge < -0.3 is 0 Å². The quantitative estimate of drug-likeness (QED) is 0.855. The fourth-order valence-corrected chi connectivity index (χ4v) is 4.98. The van der Waals surface area contributed by atoms with Gasteiger partial charge in [-0.2, -0.15) is 0 Å². The first-order valence-electron chi connectivity index (χ1n) is 7.73. The van der Waals surface area contributed by atoms with E-state index in [1.165, 1.54) is 4.31 Å². The monoisotopic (exact) mass is 332 g/mol. The Labute approximate surface area is 139 Å². The lowest BCUT2D eigenvalue weighted by atomic mass is 9.95. The molecule has 1 heterocycles. The van der Waals surface area contributed by atoms with Crippen LogP contribution in [0.4, 0.5) is 5.69 Å². The molecule has 0 fully saturated rings. The molecule has 2 aromatic rings. The van der Waals surface area contributed by atoms with Crippen molar-refractivity contribution in [2.75, 3.05) is 10.8 Å². The molecule has 124 valence electrons. The first-order valence-corrected chi connectivity index (χ1v) is 9.17. The second kappa shape index (κ2) is 6.32. The molecule has 0 spiro atoms. The van der Waals surface area contributed by atoms with Crippen LogP contribution in [0, 0.1) is 34.6 Å². The zero-order valence-corrected chi connectivity index (χ0v) is 15.5. The van der Waals surface area contributed by atoms with Gasteiger partial charge in [0.1, 0.15) is 0 Å². The molecule has 0 saturated carbocycles. The Morgan fingerprint density at radius 1 is 0.957 bits per heavy atom. The van der Waals surface area contributed by atoms with Crippen molar-refractivity contribution in [2.24, 2.45) is 0 Å². The average molecular weight is 332 g/mol. The molecule has 0 bridgehead atoms. The number of anilines is 1. The molecule has 1 aromatic heterocycles. The Morgan fingerprint density at radius 2 is 1.48 bits per heavy atom. The van der Waals surface area contributed by atoms with Crippen LogP contribution in [-0.2, 0) is 10.0 Å². The smallest absolute Gasteiger partial charge is 0.264 e. The molecular weight excluding hydrogens is 308 g/mol. The summed E-state index contributed by atoms with van der Waals surface area (Å²) in [7, 11) is -3.63. The highest BCUT2D eigenvalue weighted by Crippen LogP contribution is 2.33. The number of benzene rings is 1. The van der Waals surface area contributed by atoms with Crippen LogP contribution in [0.2, 0.25) is 0 Å². The molecule has 0 aliphatic heterocycles. The number of aromatic nitrogens is 1. The first kappa shape index (κ1) is 17.5.